The van der Waals surface area contributed by atoms with Crippen molar-refractivity contribution in [1.29, 1.82) is 0 Å². The summed E-state index contributed by atoms with van der Waals surface area (Å²) in [6.07, 6.45) is 7.95. The van der Waals surface area contributed by atoms with Crippen LogP contribution in [0.15, 0.2) is 48.6 Å². The lowest BCUT2D eigenvalue weighted by atomic mass is 10.2. The Morgan fingerprint density at radius 2 is 2.00 bits per heavy atom. The first-order chi connectivity index (χ1) is 7.83. The molecule has 1 aromatic rings. The normalized spacial score (nSPS) is 11.1. The molecule has 0 unspecified atom stereocenters. The topological polar surface area (TPSA) is 26.3 Å². The van der Waals surface area contributed by atoms with Crippen LogP contribution in [-0.2, 0) is 9.53 Å². The van der Waals surface area contributed by atoms with Crippen LogP contribution >= 0.6 is 0 Å². The number of rotatable bonds is 5. The second-order valence-corrected chi connectivity index (χ2v) is 3.25. The molecule has 2 nitrogen and oxygen atoms in total. The van der Waals surface area contributed by atoms with E-state index in [1.54, 1.807) is 6.08 Å². The molecule has 0 fully saturated rings. The summed E-state index contributed by atoms with van der Waals surface area (Å²) in [6, 6.07) is 9.65. The van der Waals surface area contributed by atoms with Gasteiger partial charge in [-0.05, 0) is 18.1 Å². The van der Waals surface area contributed by atoms with Gasteiger partial charge in [-0.15, -0.1) is 0 Å². The maximum Gasteiger partial charge on any atom is 0.331 e. The van der Waals surface area contributed by atoms with Crippen molar-refractivity contribution in [3.63, 3.8) is 0 Å². The third kappa shape index (κ3) is 5.15. The van der Waals surface area contributed by atoms with Crippen molar-refractivity contribution in [1.82, 2.24) is 0 Å². The van der Waals surface area contributed by atoms with E-state index in [1.807, 2.05) is 49.4 Å². The van der Waals surface area contributed by atoms with Crippen LogP contribution in [0.25, 0.3) is 6.08 Å². The molecule has 0 aromatic heterocycles. The first-order valence-electron chi connectivity index (χ1n) is 5.38. The van der Waals surface area contributed by atoms with E-state index in [2.05, 4.69) is 0 Å². The van der Waals surface area contributed by atoms with E-state index >= 15 is 0 Å². The lowest BCUT2D eigenvalue weighted by Gasteiger charge is -1.96. The summed E-state index contributed by atoms with van der Waals surface area (Å²) in [7, 11) is 0. The molecule has 0 heterocycles. The van der Waals surface area contributed by atoms with E-state index in [0.717, 1.165) is 12.0 Å². The standard InChI is InChI=1S/C14H16O2/c1-2-3-7-12-16-14(15)11-10-13-8-5-4-6-9-13/h3-11H,2,12H2,1H3/b7-3+,11-10-. The Balaban J connectivity index is 2.34. The molecule has 1 aromatic carbocycles. The molecule has 16 heavy (non-hydrogen) atoms. The minimum atomic E-state index is -0.315. The predicted molar refractivity (Wildman–Crippen MR) is 65.9 cm³/mol. The van der Waals surface area contributed by atoms with Crippen LogP contribution < -0.4 is 0 Å². The Morgan fingerprint density at radius 1 is 1.25 bits per heavy atom. The first-order valence-corrected chi connectivity index (χ1v) is 5.38. The van der Waals surface area contributed by atoms with Crippen molar-refractivity contribution in [3.05, 3.63) is 54.1 Å². The average Bonchev–Trinajstić information content (AvgIpc) is 2.33. The van der Waals surface area contributed by atoms with Gasteiger partial charge in [0.05, 0.1) is 0 Å². The number of esters is 1. The highest BCUT2D eigenvalue weighted by atomic mass is 16.5. The Kier molecular flexibility index (Phi) is 5.71. The zero-order valence-electron chi connectivity index (χ0n) is 9.43. The summed E-state index contributed by atoms with van der Waals surface area (Å²) in [5.74, 6) is -0.315. The fraction of sp³-hybridized carbons (Fsp3) is 0.214. The van der Waals surface area contributed by atoms with Gasteiger partial charge in [0.1, 0.15) is 6.61 Å². The molecule has 0 spiro atoms. The lowest BCUT2D eigenvalue weighted by Crippen LogP contribution is -1.99. The van der Waals surface area contributed by atoms with Gasteiger partial charge in [0.2, 0.25) is 0 Å². The van der Waals surface area contributed by atoms with Gasteiger partial charge in [-0.3, -0.25) is 0 Å². The van der Waals surface area contributed by atoms with Crippen molar-refractivity contribution < 1.29 is 9.53 Å². The molecule has 0 bridgehead atoms. The van der Waals surface area contributed by atoms with Gasteiger partial charge >= 0.3 is 5.97 Å². The molecule has 0 aliphatic rings. The molecule has 0 atom stereocenters. The van der Waals surface area contributed by atoms with Gasteiger partial charge in [0.15, 0.2) is 0 Å². The van der Waals surface area contributed by atoms with Crippen molar-refractivity contribution >= 4 is 12.0 Å². The lowest BCUT2D eigenvalue weighted by molar-refractivity contribution is -0.136. The summed E-state index contributed by atoms with van der Waals surface area (Å²) in [5.41, 5.74) is 0.989. The van der Waals surface area contributed by atoms with Crippen LogP contribution in [0.5, 0.6) is 0 Å². The largest absolute Gasteiger partial charge is 0.458 e. The molecule has 0 aliphatic heterocycles. The van der Waals surface area contributed by atoms with Crippen molar-refractivity contribution in [2.45, 2.75) is 13.3 Å². The maximum atomic E-state index is 11.2. The number of allylic oxidation sites excluding steroid dienone is 1. The molecule has 0 saturated heterocycles. The fourth-order valence-corrected chi connectivity index (χ4v) is 1.14. The third-order valence-corrected chi connectivity index (χ3v) is 1.94. The number of carbonyl (C=O) groups excluding carboxylic acids is 1. The van der Waals surface area contributed by atoms with Gasteiger partial charge in [-0.2, -0.15) is 0 Å². The van der Waals surface area contributed by atoms with Crippen LogP contribution in [0, 0.1) is 0 Å². The van der Waals surface area contributed by atoms with Crippen LogP contribution in [0.3, 0.4) is 0 Å². The Bertz CT molecular complexity index is 364. The van der Waals surface area contributed by atoms with Crippen molar-refractivity contribution in [2.75, 3.05) is 6.61 Å². The number of benzene rings is 1. The molecule has 0 radical (unpaired) electrons. The minimum Gasteiger partial charge on any atom is -0.458 e. The van der Waals surface area contributed by atoms with E-state index in [9.17, 15) is 4.79 Å². The highest BCUT2D eigenvalue weighted by Gasteiger charge is 1.93. The molecule has 0 N–H and O–H groups in total. The van der Waals surface area contributed by atoms with Crippen LogP contribution in [0.2, 0.25) is 0 Å². The van der Waals surface area contributed by atoms with Gasteiger partial charge in [-0.1, -0.05) is 49.4 Å². The molecular weight excluding hydrogens is 200 g/mol. The van der Waals surface area contributed by atoms with Crippen LogP contribution in [-0.4, -0.2) is 12.6 Å². The van der Waals surface area contributed by atoms with Gasteiger partial charge in [0, 0.05) is 6.08 Å². The molecule has 1 rings (SSSR count). The molecule has 0 amide bonds. The van der Waals surface area contributed by atoms with Crippen LogP contribution in [0.1, 0.15) is 18.9 Å². The summed E-state index contributed by atoms with van der Waals surface area (Å²) in [4.78, 5) is 11.2. The Morgan fingerprint density at radius 3 is 2.69 bits per heavy atom. The van der Waals surface area contributed by atoms with E-state index in [4.69, 9.17) is 4.74 Å². The fourth-order valence-electron chi connectivity index (χ4n) is 1.14. The molecule has 84 valence electrons. The monoisotopic (exact) mass is 216 g/mol. The van der Waals surface area contributed by atoms with E-state index in [-0.39, 0.29) is 5.97 Å². The Hall–Kier alpha value is -1.83. The second-order valence-electron chi connectivity index (χ2n) is 3.25. The van der Waals surface area contributed by atoms with Gasteiger partial charge < -0.3 is 4.74 Å². The molecule has 0 saturated carbocycles. The Labute approximate surface area is 96.2 Å². The zero-order valence-corrected chi connectivity index (χ0v) is 9.43. The molecule has 2 heteroatoms. The van der Waals surface area contributed by atoms with Crippen molar-refractivity contribution in [2.24, 2.45) is 0 Å². The smallest absolute Gasteiger partial charge is 0.331 e. The molecular formula is C14H16O2. The molecule has 0 aliphatic carbocycles. The van der Waals surface area contributed by atoms with Crippen LogP contribution in [0.4, 0.5) is 0 Å². The highest BCUT2D eigenvalue weighted by Crippen LogP contribution is 2.00. The zero-order chi connectivity index (χ0) is 11.6. The number of carbonyl (C=O) groups is 1. The highest BCUT2D eigenvalue weighted by molar-refractivity contribution is 5.87. The van der Waals surface area contributed by atoms with E-state index in [1.165, 1.54) is 6.08 Å². The SMILES string of the molecule is CC/C=C/COC(=O)/C=C\c1ccccc1. The third-order valence-electron chi connectivity index (χ3n) is 1.94. The second kappa shape index (κ2) is 7.46. The summed E-state index contributed by atoms with van der Waals surface area (Å²) in [5, 5.41) is 0. The number of hydrogen-bond donors (Lipinski definition) is 0. The van der Waals surface area contributed by atoms with E-state index < -0.39 is 0 Å². The minimum absolute atomic E-state index is 0.315. The van der Waals surface area contributed by atoms with E-state index in [0.29, 0.717) is 6.61 Å². The summed E-state index contributed by atoms with van der Waals surface area (Å²) < 4.78 is 4.95. The number of ether oxygens (including phenoxy) is 1. The predicted octanol–water partition coefficient (Wildman–Crippen LogP) is 3.21. The van der Waals surface area contributed by atoms with Crippen molar-refractivity contribution in [3.8, 4) is 0 Å². The van der Waals surface area contributed by atoms with Gasteiger partial charge in [0.25, 0.3) is 0 Å². The number of hydrogen-bond acceptors (Lipinski definition) is 2. The maximum absolute atomic E-state index is 11.2. The summed E-state index contributed by atoms with van der Waals surface area (Å²) in [6.45, 7) is 2.37. The van der Waals surface area contributed by atoms with Gasteiger partial charge in [-0.25, -0.2) is 4.79 Å². The quantitative estimate of drug-likeness (QED) is 0.429. The first kappa shape index (κ1) is 12.2. The average molecular weight is 216 g/mol. The summed E-state index contributed by atoms with van der Waals surface area (Å²) >= 11 is 0.